The van der Waals surface area contributed by atoms with E-state index in [9.17, 15) is 15.0 Å². The zero-order valence-electron chi connectivity index (χ0n) is 14.0. The maximum absolute atomic E-state index is 12.2. The predicted molar refractivity (Wildman–Crippen MR) is 90.7 cm³/mol. The summed E-state index contributed by atoms with van der Waals surface area (Å²) in [5, 5.41) is 20.0. The molecule has 0 aliphatic rings. The fraction of sp³-hybridized carbons (Fsp3) is 0.632. The number of phenols is 2. The summed E-state index contributed by atoms with van der Waals surface area (Å²) in [4.78, 5) is 12.2. The van der Waals surface area contributed by atoms with Gasteiger partial charge in [-0.15, -0.1) is 0 Å². The second kappa shape index (κ2) is 10.3. The van der Waals surface area contributed by atoms with Gasteiger partial charge >= 0.3 is 0 Å². The van der Waals surface area contributed by atoms with E-state index in [1.807, 2.05) is 6.92 Å². The van der Waals surface area contributed by atoms with Crippen LogP contribution >= 0.6 is 0 Å². The molecule has 1 aromatic carbocycles. The summed E-state index contributed by atoms with van der Waals surface area (Å²) in [5.74, 6) is 0.0185. The van der Waals surface area contributed by atoms with Gasteiger partial charge in [-0.25, -0.2) is 0 Å². The first-order valence-electron chi connectivity index (χ1n) is 8.68. The van der Waals surface area contributed by atoms with Crippen molar-refractivity contribution in [2.24, 2.45) is 0 Å². The van der Waals surface area contributed by atoms with E-state index in [4.69, 9.17) is 0 Å². The van der Waals surface area contributed by atoms with Gasteiger partial charge in [-0.1, -0.05) is 58.8 Å². The first-order valence-corrected chi connectivity index (χ1v) is 8.68. The summed E-state index contributed by atoms with van der Waals surface area (Å²) in [6.07, 6.45) is 10.0. The van der Waals surface area contributed by atoms with Gasteiger partial charge in [0.15, 0.2) is 5.78 Å². The summed E-state index contributed by atoms with van der Waals surface area (Å²) in [7, 11) is 0. The third-order valence-electron chi connectivity index (χ3n) is 4.07. The molecule has 0 aliphatic heterocycles. The first-order chi connectivity index (χ1) is 10.6. The molecule has 3 nitrogen and oxygen atoms in total. The molecule has 1 rings (SSSR count). The van der Waals surface area contributed by atoms with Gasteiger partial charge < -0.3 is 10.2 Å². The monoisotopic (exact) mass is 306 g/mol. The topological polar surface area (TPSA) is 57.5 Å². The average Bonchev–Trinajstić information content (AvgIpc) is 2.50. The highest BCUT2D eigenvalue weighted by Gasteiger charge is 2.16. The second-order valence-corrected chi connectivity index (χ2v) is 6.00. The molecule has 0 unspecified atom stereocenters. The number of phenolic OH excluding ortho intramolecular Hbond substituents is 2. The highest BCUT2D eigenvalue weighted by atomic mass is 16.3. The molecular formula is C19H30O3. The molecule has 0 bridgehead atoms. The molecule has 0 radical (unpaired) electrons. The molecule has 3 heteroatoms. The van der Waals surface area contributed by atoms with Gasteiger partial charge in [-0.2, -0.15) is 0 Å². The number of hydrogen-bond donors (Lipinski definition) is 2. The number of carbonyl (C=O) groups excluding carboxylic acids is 1. The van der Waals surface area contributed by atoms with Crippen LogP contribution in [0.4, 0.5) is 0 Å². The Morgan fingerprint density at radius 2 is 1.55 bits per heavy atom. The van der Waals surface area contributed by atoms with E-state index >= 15 is 0 Å². The lowest BCUT2D eigenvalue weighted by Crippen LogP contribution is -2.01. The number of benzene rings is 1. The fourth-order valence-corrected chi connectivity index (χ4v) is 2.72. The van der Waals surface area contributed by atoms with Crippen molar-refractivity contribution in [3.63, 3.8) is 0 Å². The van der Waals surface area contributed by atoms with Crippen LogP contribution in [-0.4, -0.2) is 16.0 Å². The minimum absolute atomic E-state index is 0.0246. The smallest absolute Gasteiger partial charge is 0.166 e. The molecule has 0 spiro atoms. The Bertz CT molecular complexity index is 466. The molecule has 2 N–H and O–H groups in total. The number of carbonyl (C=O) groups is 1. The van der Waals surface area contributed by atoms with E-state index < -0.39 is 0 Å². The molecule has 0 aromatic heterocycles. The van der Waals surface area contributed by atoms with Crippen LogP contribution in [0.15, 0.2) is 12.1 Å². The Kier molecular flexibility index (Phi) is 8.64. The largest absolute Gasteiger partial charge is 0.508 e. The molecule has 0 saturated carbocycles. The van der Waals surface area contributed by atoms with Crippen LogP contribution in [0.2, 0.25) is 0 Å². The zero-order valence-corrected chi connectivity index (χ0v) is 14.0. The van der Waals surface area contributed by atoms with Crippen LogP contribution < -0.4 is 0 Å². The highest BCUT2D eigenvalue weighted by Crippen LogP contribution is 2.32. The maximum Gasteiger partial charge on any atom is 0.166 e. The Morgan fingerprint density at radius 1 is 0.909 bits per heavy atom. The molecule has 0 saturated heterocycles. The maximum atomic E-state index is 12.2. The molecule has 0 aliphatic carbocycles. The Morgan fingerprint density at radius 3 is 2.18 bits per heavy atom. The van der Waals surface area contributed by atoms with Crippen LogP contribution in [-0.2, 0) is 6.42 Å². The van der Waals surface area contributed by atoms with E-state index in [1.54, 1.807) is 0 Å². The Hall–Kier alpha value is -1.51. The number of ketones is 1. The minimum atomic E-state index is -0.0326. The van der Waals surface area contributed by atoms with Gasteiger partial charge in [-0.3, -0.25) is 4.79 Å². The van der Waals surface area contributed by atoms with E-state index in [1.165, 1.54) is 44.2 Å². The van der Waals surface area contributed by atoms with Crippen molar-refractivity contribution in [3.05, 3.63) is 23.3 Å². The van der Waals surface area contributed by atoms with Gasteiger partial charge in [0.2, 0.25) is 0 Å². The molecule has 0 amide bonds. The van der Waals surface area contributed by atoms with Crippen molar-refractivity contribution in [2.75, 3.05) is 0 Å². The molecular weight excluding hydrogens is 276 g/mol. The van der Waals surface area contributed by atoms with Crippen LogP contribution in [0.3, 0.4) is 0 Å². The summed E-state index contributed by atoms with van der Waals surface area (Å²) in [6.45, 7) is 4.18. The number of hydrogen-bond acceptors (Lipinski definition) is 3. The lowest BCUT2D eigenvalue weighted by Gasteiger charge is -2.10. The van der Waals surface area contributed by atoms with Gasteiger partial charge in [-0.05, 0) is 25.0 Å². The van der Waals surface area contributed by atoms with Crippen LogP contribution in [0.25, 0.3) is 0 Å². The second-order valence-electron chi connectivity index (χ2n) is 6.00. The average molecular weight is 306 g/mol. The zero-order chi connectivity index (χ0) is 16.4. The number of aromatic hydroxyl groups is 2. The quantitative estimate of drug-likeness (QED) is 0.426. The molecule has 0 atom stereocenters. The predicted octanol–water partition coefficient (Wildman–Crippen LogP) is 5.37. The summed E-state index contributed by atoms with van der Waals surface area (Å²) in [5.41, 5.74) is 0.847. The Balaban J connectivity index is 2.47. The minimum Gasteiger partial charge on any atom is -0.508 e. The molecule has 124 valence electrons. The van der Waals surface area contributed by atoms with Crippen LogP contribution in [0, 0.1) is 0 Å². The van der Waals surface area contributed by atoms with E-state index in [-0.39, 0.29) is 17.3 Å². The van der Waals surface area contributed by atoms with Crippen LogP contribution in [0.5, 0.6) is 11.5 Å². The van der Waals surface area contributed by atoms with Crippen LogP contribution in [0.1, 0.15) is 87.6 Å². The van der Waals surface area contributed by atoms with Crippen molar-refractivity contribution < 1.29 is 15.0 Å². The van der Waals surface area contributed by atoms with E-state index in [0.29, 0.717) is 24.0 Å². The number of rotatable bonds is 11. The highest BCUT2D eigenvalue weighted by molar-refractivity contribution is 5.99. The lowest BCUT2D eigenvalue weighted by atomic mass is 9.98. The van der Waals surface area contributed by atoms with Crippen molar-refractivity contribution in [1.82, 2.24) is 0 Å². The van der Waals surface area contributed by atoms with Crippen molar-refractivity contribution >= 4 is 5.78 Å². The standard InChI is InChI=1S/C19H30O3/c1-3-5-6-7-8-9-10-12-17(20)16-13-14-18(21)15(11-4-2)19(16)22/h13-14,21-22H,3-12H2,1-2H3. The molecule has 0 fully saturated rings. The van der Waals surface area contributed by atoms with Crippen molar-refractivity contribution in [1.29, 1.82) is 0 Å². The SMILES string of the molecule is CCCCCCCCCC(=O)c1ccc(O)c(CCC)c1O. The van der Waals surface area contributed by atoms with Crippen molar-refractivity contribution in [2.45, 2.75) is 78.1 Å². The summed E-state index contributed by atoms with van der Waals surface area (Å²) < 4.78 is 0. The third kappa shape index (κ3) is 5.70. The number of unbranched alkanes of at least 4 members (excludes halogenated alkanes) is 6. The molecule has 1 aromatic rings. The normalized spacial score (nSPS) is 10.8. The molecule has 22 heavy (non-hydrogen) atoms. The van der Waals surface area contributed by atoms with E-state index in [2.05, 4.69) is 6.92 Å². The lowest BCUT2D eigenvalue weighted by molar-refractivity contribution is 0.0976. The Labute approximate surface area is 134 Å². The third-order valence-corrected chi connectivity index (χ3v) is 4.07. The first kappa shape index (κ1) is 18.5. The van der Waals surface area contributed by atoms with Crippen molar-refractivity contribution in [3.8, 4) is 11.5 Å². The van der Waals surface area contributed by atoms with E-state index in [0.717, 1.165) is 19.3 Å². The summed E-state index contributed by atoms with van der Waals surface area (Å²) in [6, 6.07) is 3.05. The number of Topliss-reactive ketones (excluding diaryl/α,β-unsaturated/α-hetero) is 1. The van der Waals surface area contributed by atoms with Gasteiger partial charge in [0, 0.05) is 12.0 Å². The fourth-order valence-electron chi connectivity index (χ4n) is 2.72. The van der Waals surface area contributed by atoms with Gasteiger partial charge in [0.05, 0.1) is 5.56 Å². The molecule has 0 heterocycles. The van der Waals surface area contributed by atoms with Gasteiger partial charge in [0.25, 0.3) is 0 Å². The van der Waals surface area contributed by atoms with Gasteiger partial charge in [0.1, 0.15) is 11.5 Å². The summed E-state index contributed by atoms with van der Waals surface area (Å²) >= 11 is 0.